The lowest BCUT2D eigenvalue weighted by Crippen LogP contribution is -2.25. The van der Waals surface area contributed by atoms with Crippen LogP contribution in [-0.4, -0.2) is 31.7 Å². The fraction of sp³-hybridized carbons (Fsp3) is 0.368. The summed E-state index contributed by atoms with van der Waals surface area (Å²) in [5, 5.41) is 0. The van der Waals surface area contributed by atoms with Gasteiger partial charge in [0.15, 0.2) is 11.5 Å². The summed E-state index contributed by atoms with van der Waals surface area (Å²) in [5.74, 6) is 2.95. The number of hydrogen-bond acceptors (Lipinski definition) is 3. The summed E-state index contributed by atoms with van der Waals surface area (Å²) in [7, 11) is 1.71. The van der Waals surface area contributed by atoms with Crippen LogP contribution in [0.1, 0.15) is 17.0 Å². The highest BCUT2D eigenvalue weighted by molar-refractivity contribution is 5.85. The first-order valence-electron chi connectivity index (χ1n) is 7.91. The number of likely N-dealkylation sites (tertiary alicyclic amines) is 1. The fourth-order valence-electron chi connectivity index (χ4n) is 3.78. The average molecular weight is 332 g/mol. The van der Waals surface area contributed by atoms with E-state index < -0.39 is 0 Å². The molecule has 23 heavy (non-hydrogen) atoms. The van der Waals surface area contributed by atoms with Crippen molar-refractivity contribution in [2.24, 2.45) is 5.92 Å². The lowest BCUT2D eigenvalue weighted by molar-refractivity contribution is 0.203. The van der Waals surface area contributed by atoms with Crippen molar-refractivity contribution in [3.05, 3.63) is 59.7 Å². The van der Waals surface area contributed by atoms with Gasteiger partial charge in [-0.2, -0.15) is 0 Å². The number of para-hydroxylation sites is 1. The standard InChI is InChI=1S/C19H21NO2.ClH/c1-21-18-9-5-8-16-17-12-20(10-14-6-3-2-4-7-14)11-15(17)13-22-19(16)18;/h2-9,15,17H,10-13H2,1H3;1H. The van der Waals surface area contributed by atoms with E-state index in [0.29, 0.717) is 11.8 Å². The van der Waals surface area contributed by atoms with Gasteiger partial charge in [-0.1, -0.05) is 42.5 Å². The number of halogens is 1. The maximum Gasteiger partial charge on any atom is 0.164 e. The minimum atomic E-state index is 0. The molecule has 0 amide bonds. The number of rotatable bonds is 3. The van der Waals surface area contributed by atoms with Crippen LogP contribution in [0.4, 0.5) is 0 Å². The summed E-state index contributed by atoms with van der Waals surface area (Å²) < 4.78 is 11.5. The maximum atomic E-state index is 6.01. The van der Waals surface area contributed by atoms with Crippen molar-refractivity contribution < 1.29 is 9.47 Å². The van der Waals surface area contributed by atoms with Crippen LogP contribution in [0.25, 0.3) is 0 Å². The van der Waals surface area contributed by atoms with Crippen LogP contribution >= 0.6 is 12.4 Å². The van der Waals surface area contributed by atoms with Crippen molar-refractivity contribution in [2.75, 3.05) is 26.8 Å². The first-order chi connectivity index (χ1) is 10.8. The number of methoxy groups -OCH3 is 1. The van der Waals surface area contributed by atoms with E-state index in [4.69, 9.17) is 9.47 Å². The Morgan fingerprint density at radius 3 is 2.70 bits per heavy atom. The van der Waals surface area contributed by atoms with Crippen LogP contribution in [0.3, 0.4) is 0 Å². The lowest BCUT2D eigenvalue weighted by Gasteiger charge is -2.28. The Morgan fingerprint density at radius 1 is 1.09 bits per heavy atom. The van der Waals surface area contributed by atoms with Gasteiger partial charge >= 0.3 is 0 Å². The van der Waals surface area contributed by atoms with Gasteiger partial charge in [0.1, 0.15) is 0 Å². The van der Waals surface area contributed by atoms with Gasteiger partial charge in [0.2, 0.25) is 0 Å². The minimum absolute atomic E-state index is 0. The summed E-state index contributed by atoms with van der Waals surface area (Å²) in [6.45, 7) is 4.02. The van der Waals surface area contributed by atoms with Crippen molar-refractivity contribution in [3.63, 3.8) is 0 Å². The van der Waals surface area contributed by atoms with Crippen molar-refractivity contribution in [3.8, 4) is 11.5 Å². The molecule has 2 aliphatic heterocycles. The third kappa shape index (κ3) is 3.04. The number of fused-ring (bicyclic) bond motifs is 3. The van der Waals surface area contributed by atoms with Crippen molar-refractivity contribution in [2.45, 2.75) is 12.5 Å². The molecule has 0 radical (unpaired) electrons. The normalized spacial score (nSPS) is 22.5. The van der Waals surface area contributed by atoms with Crippen LogP contribution < -0.4 is 9.47 Å². The topological polar surface area (TPSA) is 21.7 Å². The first kappa shape index (κ1) is 16.2. The monoisotopic (exact) mass is 331 g/mol. The van der Waals surface area contributed by atoms with Crippen molar-refractivity contribution in [1.82, 2.24) is 4.90 Å². The fourth-order valence-corrected chi connectivity index (χ4v) is 3.78. The summed E-state index contributed by atoms with van der Waals surface area (Å²) >= 11 is 0. The van der Waals surface area contributed by atoms with Crippen LogP contribution in [0.5, 0.6) is 11.5 Å². The van der Waals surface area contributed by atoms with E-state index in [-0.39, 0.29) is 12.4 Å². The molecule has 0 N–H and O–H groups in total. The Labute approximate surface area is 143 Å². The quantitative estimate of drug-likeness (QED) is 0.855. The van der Waals surface area contributed by atoms with E-state index >= 15 is 0 Å². The second-order valence-corrected chi connectivity index (χ2v) is 6.24. The highest BCUT2D eigenvalue weighted by atomic mass is 35.5. The zero-order valence-corrected chi connectivity index (χ0v) is 14.1. The number of ether oxygens (including phenoxy) is 2. The molecule has 0 bridgehead atoms. The molecule has 0 spiro atoms. The maximum absolute atomic E-state index is 6.01. The van der Waals surface area contributed by atoms with Gasteiger partial charge < -0.3 is 9.47 Å². The second-order valence-electron chi connectivity index (χ2n) is 6.24. The van der Waals surface area contributed by atoms with Gasteiger partial charge in [-0.15, -0.1) is 12.4 Å². The number of hydrogen-bond donors (Lipinski definition) is 0. The van der Waals surface area contributed by atoms with Gasteiger partial charge in [0.25, 0.3) is 0 Å². The third-order valence-electron chi connectivity index (χ3n) is 4.84. The largest absolute Gasteiger partial charge is 0.493 e. The van der Waals surface area contributed by atoms with Gasteiger partial charge in [-0.25, -0.2) is 0 Å². The van der Waals surface area contributed by atoms with Gasteiger partial charge in [-0.3, -0.25) is 4.90 Å². The first-order valence-corrected chi connectivity index (χ1v) is 7.91. The summed E-state index contributed by atoms with van der Waals surface area (Å²) in [4.78, 5) is 2.54. The molecule has 2 aromatic rings. The van der Waals surface area contributed by atoms with E-state index in [2.05, 4.69) is 47.4 Å². The predicted molar refractivity (Wildman–Crippen MR) is 93.7 cm³/mol. The molecule has 0 aliphatic carbocycles. The molecule has 0 aromatic heterocycles. The Kier molecular flexibility index (Phi) is 4.79. The molecule has 2 aromatic carbocycles. The lowest BCUT2D eigenvalue weighted by atomic mass is 9.87. The summed E-state index contributed by atoms with van der Waals surface area (Å²) in [6, 6.07) is 17.0. The second kappa shape index (κ2) is 6.81. The van der Waals surface area contributed by atoms with Gasteiger partial charge in [0, 0.05) is 37.0 Å². The number of benzene rings is 2. The highest BCUT2D eigenvalue weighted by Crippen LogP contribution is 2.45. The summed E-state index contributed by atoms with van der Waals surface area (Å²) in [6.07, 6.45) is 0. The molecule has 2 aliphatic rings. The molecule has 122 valence electrons. The third-order valence-corrected chi connectivity index (χ3v) is 4.84. The predicted octanol–water partition coefficient (Wildman–Crippen LogP) is 3.73. The molecule has 0 saturated carbocycles. The smallest absolute Gasteiger partial charge is 0.164 e. The van der Waals surface area contributed by atoms with Crippen LogP contribution in [-0.2, 0) is 6.54 Å². The molecule has 4 heteroatoms. The van der Waals surface area contributed by atoms with Crippen molar-refractivity contribution in [1.29, 1.82) is 0 Å². The van der Waals surface area contributed by atoms with E-state index in [1.807, 2.05) is 6.07 Å². The van der Waals surface area contributed by atoms with E-state index in [1.165, 1.54) is 11.1 Å². The Morgan fingerprint density at radius 2 is 1.91 bits per heavy atom. The Bertz CT molecular complexity index is 662. The number of nitrogens with zero attached hydrogens (tertiary/aromatic N) is 1. The molecular weight excluding hydrogens is 310 g/mol. The highest BCUT2D eigenvalue weighted by Gasteiger charge is 2.39. The Hall–Kier alpha value is -1.71. The van der Waals surface area contributed by atoms with Crippen molar-refractivity contribution >= 4 is 12.4 Å². The molecule has 4 rings (SSSR count). The van der Waals surface area contributed by atoms with Gasteiger partial charge in [0.05, 0.1) is 13.7 Å². The Balaban J connectivity index is 0.00000156. The molecule has 1 fully saturated rings. The zero-order valence-electron chi connectivity index (χ0n) is 13.3. The zero-order chi connectivity index (χ0) is 14.9. The minimum Gasteiger partial charge on any atom is -0.493 e. The molecule has 3 nitrogen and oxygen atoms in total. The summed E-state index contributed by atoms with van der Waals surface area (Å²) in [5.41, 5.74) is 2.69. The van der Waals surface area contributed by atoms with Gasteiger partial charge in [-0.05, 0) is 11.6 Å². The van der Waals surface area contributed by atoms with Crippen LogP contribution in [0.15, 0.2) is 48.5 Å². The van der Waals surface area contributed by atoms with E-state index in [1.54, 1.807) is 7.11 Å². The molecule has 2 heterocycles. The molecule has 1 saturated heterocycles. The molecular formula is C19H22ClNO2. The molecule has 2 atom stereocenters. The average Bonchev–Trinajstić information content (AvgIpc) is 2.98. The van der Waals surface area contributed by atoms with Crippen LogP contribution in [0.2, 0.25) is 0 Å². The van der Waals surface area contributed by atoms with E-state index in [0.717, 1.165) is 37.7 Å². The molecule has 2 unspecified atom stereocenters. The van der Waals surface area contributed by atoms with E-state index in [9.17, 15) is 0 Å². The SMILES string of the molecule is COc1cccc2c1OCC1CN(Cc3ccccc3)CC21.Cl. The van der Waals surface area contributed by atoms with Crippen LogP contribution in [0, 0.1) is 5.92 Å².